The summed E-state index contributed by atoms with van der Waals surface area (Å²) < 4.78 is 5.75. The lowest BCUT2D eigenvalue weighted by atomic mass is 10.2. The fourth-order valence-corrected chi connectivity index (χ4v) is 2.82. The average molecular weight is 353 g/mol. The van der Waals surface area contributed by atoms with E-state index >= 15 is 0 Å². The van der Waals surface area contributed by atoms with Gasteiger partial charge in [-0.3, -0.25) is 4.79 Å². The number of nitrogens with one attached hydrogen (secondary N) is 1. The maximum atomic E-state index is 12.4. The predicted molar refractivity (Wildman–Crippen MR) is 102 cm³/mol. The van der Waals surface area contributed by atoms with Crippen molar-refractivity contribution in [3.05, 3.63) is 70.5 Å². The lowest BCUT2D eigenvalue weighted by Gasteiger charge is -2.12. The summed E-state index contributed by atoms with van der Waals surface area (Å²) in [5.41, 5.74) is 1.20. The molecule has 0 aliphatic carbocycles. The minimum absolute atomic E-state index is 0.194. The molecule has 0 atom stereocenters. The molecular weight excluding hydrogens is 334 g/mol. The van der Waals surface area contributed by atoms with E-state index in [0.717, 1.165) is 10.7 Å². The number of aromatic nitrogens is 1. The highest BCUT2D eigenvalue weighted by Crippen LogP contribution is 2.18. The van der Waals surface area contributed by atoms with Gasteiger partial charge in [-0.05, 0) is 41.8 Å². The fourth-order valence-electron chi connectivity index (χ4n) is 2.20. The largest absolute Gasteiger partial charge is 0.488 e. The molecule has 1 amide bonds. The number of pyridine rings is 1. The molecular formula is C19H19N3O2S. The summed E-state index contributed by atoms with van der Waals surface area (Å²) >= 11 is 1.64. The summed E-state index contributed by atoms with van der Waals surface area (Å²) in [4.78, 5) is 19.7. The van der Waals surface area contributed by atoms with Gasteiger partial charge in [-0.1, -0.05) is 12.1 Å². The predicted octanol–water partition coefficient (Wildman–Crippen LogP) is 4.04. The zero-order valence-electron chi connectivity index (χ0n) is 14.1. The number of hydrogen-bond donors (Lipinski definition) is 1. The van der Waals surface area contributed by atoms with Gasteiger partial charge in [-0.25, -0.2) is 4.98 Å². The average Bonchev–Trinajstić information content (AvgIpc) is 3.14. The number of benzene rings is 1. The van der Waals surface area contributed by atoms with Gasteiger partial charge >= 0.3 is 0 Å². The number of ether oxygens (including phenoxy) is 1. The Labute approximate surface area is 150 Å². The molecule has 0 unspecified atom stereocenters. The van der Waals surface area contributed by atoms with Crippen LogP contribution in [-0.4, -0.2) is 25.0 Å². The molecule has 6 heteroatoms. The van der Waals surface area contributed by atoms with E-state index in [0.29, 0.717) is 23.6 Å². The molecule has 0 aliphatic rings. The van der Waals surface area contributed by atoms with E-state index in [1.807, 2.05) is 60.8 Å². The van der Waals surface area contributed by atoms with Crippen LogP contribution in [0.15, 0.2) is 60.1 Å². The van der Waals surface area contributed by atoms with Crippen molar-refractivity contribution in [2.75, 3.05) is 24.3 Å². The maximum absolute atomic E-state index is 12.4. The van der Waals surface area contributed by atoms with E-state index in [1.165, 1.54) is 0 Å². The quantitative estimate of drug-likeness (QED) is 0.727. The van der Waals surface area contributed by atoms with Crippen molar-refractivity contribution >= 4 is 28.7 Å². The van der Waals surface area contributed by atoms with Gasteiger partial charge in [0.15, 0.2) is 0 Å². The van der Waals surface area contributed by atoms with Crippen molar-refractivity contribution in [3.8, 4) is 5.75 Å². The molecule has 1 aromatic carbocycles. The first kappa shape index (κ1) is 17.0. The van der Waals surface area contributed by atoms with Crippen molar-refractivity contribution in [2.45, 2.75) is 6.61 Å². The normalized spacial score (nSPS) is 10.3. The molecule has 0 radical (unpaired) electrons. The molecule has 128 valence electrons. The molecule has 0 bridgehead atoms. The molecule has 25 heavy (non-hydrogen) atoms. The fraction of sp³-hybridized carbons (Fsp3) is 0.158. The van der Waals surface area contributed by atoms with Crippen molar-refractivity contribution in [1.82, 2.24) is 4.98 Å². The first-order valence-corrected chi connectivity index (χ1v) is 8.70. The number of anilines is 2. The summed E-state index contributed by atoms with van der Waals surface area (Å²) in [6, 6.07) is 14.9. The minimum Gasteiger partial charge on any atom is -0.488 e. The number of rotatable bonds is 6. The van der Waals surface area contributed by atoms with Crippen LogP contribution in [0.4, 0.5) is 11.5 Å². The van der Waals surface area contributed by atoms with E-state index in [-0.39, 0.29) is 5.91 Å². The summed E-state index contributed by atoms with van der Waals surface area (Å²) in [6.07, 6.45) is 1.64. The van der Waals surface area contributed by atoms with Gasteiger partial charge in [0.2, 0.25) is 0 Å². The highest BCUT2D eigenvalue weighted by molar-refractivity contribution is 7.09. The molecule has 0 aliphatic heterocycles. The van der Waals surface area contributed by atoms with Gasteiger partial charge in [0.1, 0.15) is 18.2 Å². The lowest BCUT2D eigenvalue weighted by Crippen LogP contribution is -2.13. The number of hydrogen-bond acceptors (Lipinski definition) is 5. The zero-order chi connectivity index (χ0) is 17.6. The topological polar surface area (TPSA) is 54.5 Å². The summed E-state index contributed by atoms with van der Waals surface area (Å²) in [6.45, 7) is 0.499. The second kappa shape index (κ2) is 7.81. The van der Waals surface area contributed by atoms with Gasteiger partial charge in [0.05, 0.1) is 11.9 Å². The molecule has 0 fully saturated rings. The Morgan fingerprint density at radius 3 is 2.76 bits per heavy atom. The van der Waals surface area contributed by atoms with Crippen molar-refractivity contribution in [3.63, 3.8) is 0 Å². The van der Waals surface area contributed by atoms with E-state index in [1.54, 1.807) is 29.7 Å². The second-order valence-electron chi connectivity index (χ2n) is 5.65. The van der Waals surface area contributed by atoms with Gasteiger partial charge < -0.3 is 15.0 Å². The Hall–Kier alpha value is -2.86. The number of carbonyl (C=O) groups excluding carboxylic acids is 1. The van der Waals surface area contributed by atoms with Crippen LogP contribution in [0, 0.1) is 0 Å². The van der Waals surface area contributed by atoms with Crippen LogP contribution in [-0.2, 0) is 6.61 Å². The molecule has 5 nitrogen and oxygen atoms in total. The van der Waals surface area contributed by atoms with Crippen LogP contribution < -0.4 is 15.0 Å². The Kier molecular flexibility index (Phi) is 5.30. The molecule has 3 rings (SSSR count). The summed E-state index contributed by atoms with van der Waals surface area (Å²) in [7, 11) is 3.84. The summed E-state index contributed by atoms with van der Waals surface area (Å²) in [5.74, 6) is 1.31. The van der Waals surface area contributed by atoms with E-state index in [4.69, 9.17) is 4.74 Å². The molecule has 0 spiro atoms. The van der Waals surface area contributed by atoms with Gasteiger partial charge in [-0.2, -0.15) is 0 Å². The number of amides is 1. The molecule has 0 saturated carbocycles. The Morgan fingerprint density at radius 1 is 1.20 bits per heavy atom. The highest BCUT2D eigenvalue weighted by Gasteiger charge is 2.08. The third-order valence-electron chi connectivity index (χ3n) is 3.52. The van der Waals surface area contributed by atoms with Crippen LogP contribution in [0.3, 0.4) is 0 Å². The van der Waals surface area contributed by atoms with Crippen molar-refractivity contribution in [2.24, 2.45) is 0 Å². The van der Waals surface area contributed by atoms with E-state index < -0.39 is 0 Å². The van der Waals surface area contributed by atoms with Crippen LogP contribution in [0.2, 0.25) is 0 Å². The van der Waals surface area contributed by atoms with Gasteiger partial charge in [-0.15, -0.1) is 11.3 Å². The van der Waals surface area contributed by atoms with Crippen LogP contribution in [0.25, 0.3) is 0 Å². The molecule has 1 N–H and O–H groups in total. The highest BCUT2D eigenvalue weighted by atomic mass is 32.1. The minimum atomic E-state index is -0.194. The Morgan fingerprint density at radius 2 is 2.08 bits per heavy atom. The molecule has 0 saturated heterocycles. The monoisotopic (exact) mass is 353 g/mol. The molecule has 2 aromatic heterocycles. The molecule has 3 aromatic rings. The van der Waals surface area contributed by atoms with Crippen molar-refractivity contribution < 1.29 is 9.53 Å². The van der Waals surface area contributed by atoms with Crippen LogP contribution in [0.1, 0.15) is 15.2 Å². The van der Waals surface area contributed by atoms with Crippen LogP contribution in [0.5, 0.6) is 5.75 Å². The smallest absolute Gasteiger partial charge is 0.255 e. The molecule has 2 heterocycles. The first-order chi connectivity index (χ1) is 12.1. The number of thiophene rings is 1. The second-order valence-corrected chi connectivity index (χ2v) is 6.68. The third-order valence-corrected chi connectivity index (χ3v) is 4.37. The Bertz CT molecular complexity index is 830. The van der Waals surface area contributed by atoms with Crippen LogP contribution >= 0.6 is 11.3 Å². The standard InChI is InChI=1S/C19H19N3O2S/c1-22(2)18-9-8-15(12-20-18)21-19(23)14-5-3-6-16(11-14)24-13-17-7-4-10-25-17/h3-12H,13H2,1-2H3,(H,21,23). The lowest BCUT2D eigenvalue weighted by molar-refractivity contribution is 0.102. The number of nitrogens with zero attached hydrogens (tertiary/aromatic N) is 2. The zero-order valence-corrected chi connectivity index (χ0v) is 14.9. The van der Waals surface area contributed by atoms with E-state index in [9.17, 15) is 4.79 Å². The summed E-state index contributed by atoms with van der Waals surface area (Å²) in [5, 5.41) is 4.86. The van der Waals surface area contributed by atoms with Crippen molar-refractivity contribution in [1.29, 1.82) is 0 Å². The SMILES string of the molecule is CN(C)c1ccc(NC(=O)c2cccc(OCc3cccs3)c2)cn1. The maximum Gasteiger partial charge on any atom is 0.255 e. The van der Waals surface area contributed by atoms with Gasteiger partial charge in [0, 0.05) is 24.5 Å². The first-order valence-electron chi connectivity index (χ1n) is 7.82. The van der Waals surface area contributed by atoms with E-state index in [2.05, 4.69) is 10.3 Å². The third kappa shape index (κ3) is 4.58. The number of carbonyl (C=O) groups is 1. The van der Waals surface area contributed by atoms with Gasteiger partial charge in [0.25, 0.3) is 5.91 Å². The Balaban J connectivity index is 1.64.